The molecule has 1 heterocycles. The molecule has 7 heteroatoms. The van der Waals surface area contributed by atoms with Crippen LogP contribution in [0.5, 0.6) is 0 Å². The number of hydrogen-bond donors (Lipinski definition) is 1. The Hall–Kier alpha value is -1.66. The second-order valence-electron chi connectivity index (χ2n) is 5.41. The van der Waals surface area contributed by atoms with Crippen LogP contribution in [0.15, 0.2) is 18.2 Å². The van der Waals surface area contributed by atoms with Crippen LogP contribution in [0, 0.1) is 16.0 Å². The van der Waals surface area contributed by atoms with Crippen LogP contribution in [0.3, 0.4) is 0 Å². The fourth-order valence-electron chi connectivity index (χ4n) is 2.59. The van der Waals surface area contributed by atoms with Crippen molar-refractivity contribution < 1.29 is 9.72 Å². The van der Waals surface area contributed by atoms with Gasteiger partial charge in [-0.3, -0.25) is 14.9 Å². The Morgan fingerprint density at radius 1 is 1.48 bits per heavy atom. The summed E-state index contributed by atoms with van der Waals surface area (Å²) in [6.45, 7) is 3.17. The van der Waals surface area contributed by atoms with Crippen LogP contribution in [-0.2, 0) is 0 Å². The van der Waals surface area contributed by atoms with Crippen molar-refractivity contribution in [1.29, 1.82) is 0 Å². The van der Waals surface area contributed by atoms with Crippen molar-refractivity contribution >= 4 is 23.2 Å². The van der Waals surface area contributed by atoms with Gasteiger partial charge < -0.3 is 10.6 Å². The quantitative estimate of drug-likeness (QED) is 0.686. The van der Waals surface area contributed by atoms with Crippen molar-refractivity contribution in [3.05, 3.63) is 38.9 Å². The molecule has 0 saturated carbocycles. The highest BCUT2D eigenvalue weighted by Gasteiger charge is 2.27. The minimum Gasteiger partial charge on any atom is -0.339 e. The summed E-state index contributed by atoms with van der Waals surface area (Å²) in [5.41, 5.74) is 5.93. The molecule has 1 saturated heterocycles. The van der Waals surface area contributed by atoms with Crippen molar-refractivity contribution in [3.63, 3.8) is 0 Å². The molecule has 0 radical (unpaired) electrons. The largest absolute Gasteiger partial charge is 0.339 e. The molecule has 1 aromatic carbocycles. The van der Waals surface area contributed by atoms with E-state index < -0.39 is 4.92 Å². The van der Waals surface area contributed by atoms with Crippen LogP contribution in [0.1, 0.15) is 30.1 Å². The van der Waals surface area contributed by atoms with Gasteiger partial charge in [-0.25, -0.2) is 0 Å². The summed E-state index contributed by atoms with van der Waals surface area (Å²) in [5, 5.41) is 11.0. The fraction of sp³-hybridized carbons (Fsp3) is 0.500. The number of hydrogen-bond acceptors (Lipinski definition) is 4. The molecule has 1 atom stereocenters. The lowest BCUT2D eigenvalue weighted by molar-refractivity contribution is -0.384. The van der Waals surface area contributed by atoms with Gasteiger partial charge in [-0.05, 0) is 31.7 Å². The molecule has 1 fully saturated rings. The molecule has 0 bridgehead atoms. The maximum atomic E-state index is 12.5. The van der Waals surface area contributed by atoms with E-state index in [1.807, 2.05) is 6.92 Å². The average molecular weight is 312 g/mol. The summed E-state index contributed by atoms with van der Waals surface area (Å²) in [5.74, 6) is 0.154. The smallest absolute Gasteiger partial charge is 0.270 e. The van der Waals surface area contributed by atoms with Crippen LogP contribution >= 0.6 is 11.6 Å². The Morgan fingerprint density at radius 3 is 2.62 bits per heavy atom. The monoisotopic (exact) mass is 311 g/mol. The van der Waals surface area contributed by atoms with E-state index in [1.165, 1.54) is 18.2 Å². The molecule has 21 heavy (non-hydrogen) atoms. The summed E-state index contributed by atoms with van der Waals surface area (Å²) in [6, 6.07) is 4.04. The van der Waals surface area contributed by atoms with Crippen LogP contribution in [0.25, 0.3) is 0 Å². The Morgan fingerprint density at radius 2 is 2.10 bits per heavy atom. The second kappa shape index (κ2) is 6.41. The minimum atomic E-state index is -0.532. The summed E-state index contributed by atoms with van der Waals surface area (Å²) >= 11 is 6.00. The SMILES string of the molecule is CC(N)C1CCN(C(=O)c2cc([N+](=O)[O-])ccc2Cl)CC1. The number of carbonyl (C=O) groups excluding carboxylic acids is 1. The molecule has 6 nitrogen and oxygen atoms in total. The van der Waals surface area contributed by atoms with E-state index >= 15 is 0 Å². The zero-order valence-corrected chi connectivity index (χ0v) is 12.5. The van der Waals surface area contributed by atoms with Crippen molar-refractivity contribution in [1.82, 2.24) is 4.90 Å². The number of halogens is 1. The average Bonchev–Trinajstić information content (AvgIpc) is 2.47. The van der Waals surface area contributed by atoms with Crippen molar-refractivity contribution in [3.8, 4) is 0 Å². The van der Waals surface area contributed by atoms with Gasteiger partial charge >= 0.3 is 0 Å². The molecule has 2 rings (SSSR count). The number of carbonyl (C=O) groups is 1. The van der Waals surface area contributed by atoms with Crippen molar-refractivity contribution in [2.24, 2.45) is 11.7 Å². The van der Waals surface area contributed by atoms with E-state index in [-0.39, 0.29) is 28.2 Å². The number of likely N-dealkylation sites (tertiary alicyclic amines) is 1. The summed E-state index contributed by atoms with van der Waals surface area (Å²) in [4.78, 5) is 24.4. The molecule has 1 aromatic rings. The number of rotatable bonds is 3. The maximum absolute atomic E-state index is 12.5. The number of nitro groups is 1. The highest BCUT2D eigenvalue weighted by molar-refractivity contribution is 6.33. The summed E-state index contributed by atoms with van der Waals surface area (Å²) in [6.07, 6.45) is 1.69. The maximum Gasteiger partial charge on any atom is 0.270 e. The lowest BCUT2D eigenvalue weighted by atomic mass is 9.90. The summed E-state index contributed by atoms with van der Waals surface area (Å²) in [7, 11) is 0. The molecule has 1 unspecified atom stereocenters. The Kier molecular flexibility index (Phi) is 4.80. The molecule has 1 aliphatic heterocycles. The zero-order chi connectivity index (χ0) is 15.6. The predicted octanol–water partition coefficient (Wildman–Crippen LogP) is 2.45. The topological polar surface area (TPSA) is 89.5 Å². The van der Waals surface area contributed by atoms with E-state index in [2.05, 4.69) is 0 Å². The third kappa shape index (κ3) is 3.51. The van der Waals surface area contributed by atoms with Gasteiger partial charge in [-0.2, -0.15) is 0 Å². The molecule has 0 aliphatic carbocycles. The Balaban J connectivity index is 2.14. The Labute approximate surface area is 128 Å². The molecule has 1 amide bonds. The third-order valence-corrected chi connectivity index (χ3v) is 4.29. The lowest BCUT2D eigenvalue weighted by Gasteiger charge is -2.33. The molecule has 0 spiro atoms. The van der Waals surface area contributed by atoms with Crippen LogP contribution in [0.4, 0.5) is 5.69 Å². The summed E-state index contributed by atoms with van der Waals surface area (Å²) < 4.78 is 0. The lowest BCUT2D eigenvalue weighted by Crippen LogP contribution is -2.42. The van der Waals surface area contributed by atoms with Gasteiger partial charge in [0.1, 0.15) is 0 Å². The van der Waals surface area contributed by atoms with E-state index in [1.54, 1.807) is 4.90 Å². The van der Waals surface area contributed by atoms with Gasteiger partial charge in [0.15, 0.2) is 0 Å². The molecule has 114 valence electrons. The third-order valence-electron chi connectivity index (χ3n) is 3.96. The predicted molar refractivity (Wildman–Crippen MR) is 80.4 cm³/mol. The molecule has 1 aliphatic rings. The Bertz CT molecular complexity index is 554. The second-order valence-corrected chi connectivity index (χ2v) is 5.82. The standard InChI is InChI=1S/C14H18ClN3O3/c1-9(16)10-4-6-17(7-5-10)14(19)12-8-11(18(20)21)2-3-13(12)15/h2-3,8-10H,4-7,16H2,1H3. The number of nitrogens with zero attached hydrogens (tertiary/aromatic N) is 2. The first-order chi connectivity index (χ1) is 9.90. The number of piperidine rings is 1. The zero-order valence-electron chi connectivity index (χ0n) is 11.8. The van der Waals surface area contributed by atoms with E-state index in [9.17, 15) is 14.9 Å². The number of non-ortho nitro benzene ring substituents is 1. The van der Waals surface area contributed by atoms with Gasteiger partial charge in [-0.15, -0.1) is 0 Å². The molecular weight excluding hydrogens is 294 g/mol. The first-order valence-electron chi connectivity index (χ1n) is 6.89. The molecule has 2 N–H and O–H groups in total. The van der Waals surface area contributed by atoms with E-state index in [4.69, 9.17) is 17.3 Å². The van der Waals surface area contributed by atoms with Crippen LogP contribution in [-0.4, -0.2) is 34.9 Å². The minimum absolute atomic E-state index is 0.114. The number of benzene rings is 1. The molecular formula is C14H18ClN3O3. The van der Waals surface area contributed by atoms with Gasteiger partial charge in [0.2, 0.25) is 0 Å². The normalized spacial score (nSPS) is 17.6. The van der Waals surface area contributed by atoms with E-state index in [0.717, 1.165) is 12.8 Å². The highest BCUT2D eigenvalue weighted by atomic mass is 35.5. The van der Waals surface area contributed by atoms with Gasteiger partial charge in [0.25, 0.3) is 11.6 Å². The molecule has 0 aromatic heterocycles. The highest BCUT2D eigenvalue weighted by Crippen LogP contribution is 2.26. The van der Waals surface area contributed by atoms with Gasteiger partial charge in [0, 0.05) is 31.3 Å². The van der Waals surface area contributed by atoms with Crippen molar-refractivity contribution in [2.75, 3.05) is 13.1 Å². The number of amides is 1. The number of nitro benzene ring substituents is 1. The number of nitrogens with two attached hydrogens (primary N) is 1. The van der Waals surface area contributed by atoms with Gasteiger partial charge in [-0.1, -0.05) is 11.6 Å². The van der Waals surface area contributed by atoms with Crippen LogP contribution < -0.4 is 5.73 Å². The van der Waals surface area contributed by atoms with Gasteiger partial charge in [0.05, 0.1) is 15.5 Å². The van der Waals surface area contributed by atoms with E-state index in [0.29, 0.717) is 19.0 Å². The van der Waals surface area contributed by atoms with Crippen LogP contribution in [0.2, 0.25) is 5.02 Å². The van der Waals surface area contributed by atoms with Crippen molar-refractivity contribution in [2.45, 2.75) is 25.8 Å². The first-order valence-corrected chi connectivity index (χ1v) is 7.26. The fourth-order valence-corrected chi connectivity index (χ4v) is 2.79. The first kappa shape index (κ1) is 15.7.